The average molecular weight is 570 g/mol. The number of para-hydroxylation sites is 1. The molecule has 5 nitrogen and oxygen atoms in total. The molecule has 4 aromatic rings. The minimum Gasteiger partial charge on any atom is -0.322 e. The van der Waals surface area contributed by atoms with Crippen molar-refractivity contribution in [3.05, 3.63) is 123 Å². The summed E-state index contributed by atoms with van der Waals surface area (Å²) in [6.45, 7) is 1.96. The van der Waals surface area contributed by atoms with Crippen LogP contribution in [0.4, 0.5) is 11.4 Å². The quantitative estimate of drug-likeness (QED) is 0.259. The topological polar surface area (TPSA) is 66.5 Å². The fourth-order valence-corrected chi connectivity index (χ4v) is 5.44. The summed E-state index contributed by atoms with van der Waals surface area (Å²) in [6, 6.07) is 27.7. The molecule has 0 heterocycles. The Morgan fingerprint density at radius 1 is 0.914 bits per heavy atom. The minimum atomic E-state index is -3.98. The molecule has 0 saturated heterocycles. The molecule has 8 heteroatoms. The standard InChI is InChI=1S/C27H22BrClN2O3S/c1-19-11-14-22(15-12-19)35(33,34)31(18-20-7-3-2-4-8-20)26-10-6-5-9-23(26)27(32)30-21-13-16-24(28)25(29)17-21/h2-17H,18H2,1H3,(H,30,32). The van der Waals surface area contributed by atoms with E-state index in [1.165, 1.54) is 4.31 Å². The highest BCUT2D eigenvalue weighted by molar-refractivity contribution is 9.10. The molecule has 0 fully saturated rings. The second-order valence-electron chi connectivity index (χ2n) is 7.91. The summed E-state index contributed by atoms with van der Waals surface area (Å²) in [5.41, 5.74) is 2.73. The van der Waals surface area contributed by atoms with Crippen LogP contribution in [-0.4, -0.2) is 14.3 Å². The summed E-state index contributed by atoms with van der Waals surface area (Å²) >= 11 is 9.50. The van der Waals surface area contributed by atoms with Crippen LogP contribution in [0.3, 0.4) is 0 Å². The molecule has 0 bridgehead atoms. The van der Waals surface area contributed by atoms with E-state index < -0.39 is 15.9 Å². The van der Waals surface area contributed by atoms with Crippen LogP contribution in [0.15, 0.2) is 106 Å². The smallest absolute Gasteiger partial charge is 0.264 e. The lowest BCUT2D eigenvalue weighted by molar-refractivity contribution is 0.102. The van der Waals surface area contributed by atoms with Gasteiger partial charge in [-0.3, -0.25) is 9.10 Å². The number of hydrogen-bond acceptors (Lipinski definition) is 3. The molecule has 4 rings (SSSR count). The van der Waals surface area contributed by atoms with Gasteiger partial charge < -0.3 is 5.32 Å². The van der Waals surface area contributed by atoms with Crippen molar-refractivity contribution in [1.29, 1.82) is 0 Å². The number of anilines is 2. The molecule has 0 unspecified atom stereocenters. The first-order chi connectivity index (χ1) is 16.8. The fraction of sp³-hybridized carbons (Fsp3) is 0.0741. The number of hydrogen-bond donors (Lipinski definition) is 1. The van der Waals surface area contributed by atoms with E-state index in [1.807, 2.05) is 37.3 Å². The summed E-state index contributed by atoms with van der Waals surface area (Å²) in [6.07, 6.45) is 0. The van der Waals surface area contributed by atoms with Gasteiger partial charge in [-0.05, 0) is 70.9 Å². The highest BCUT2D eigenvalue weighted by Gasteiger charge is 2.28. The predicted octanol–water partition coefficient (Wildman–Crippen LogP) is 7.06. The Morgan fingerprint density at radius 2 is 1.57 bits per heavy atom. The number of nitrogens with one attached hydrogen (secondary N) is 1. The second-order valence-corrected chi connectivity index (χ2v) is 11.0. The summed E-state index contributed by atoms with van der Waals surface area (Å²) in [4.78, 5) is 13.5. The fourth-order valence-electron chi connectivity index (χ4n) is 3.54. The number of nitrogens with zero attached hydrogens (tertiary/aromatic N) is 1. The summed E-state index contributed by atoms with van der Waals surface area (Å²) in [7, 11) is -3.98. The molecule has 35 heavy (non-hydrogen) atoms. The highest BCUT2D eigenvalue weighted by atomic mass is 79.9. The van der Waals surface area contributed by atoms with E-state index in [9.17, 15) is 13.2 Å². The lowest BCUT2D eigenvalue weighted by atomic mass is 10.1. The lowest BCUT2D eigenvalue weighted by Gasteiger charge is -2.26. The van der Waals surface area contributed by atoms with Crippen molar-refractivity contribution < 1.29 is 13.2 Å². The predicted molar refractivity (Wildman–Crippen MR) is 145 cm³/mol. The summed E-state index contributed by atoms with van der Waals surface area (Å²) in [5, 5.41) is 3.27. The van der Waals surface area contributed by atoms with Gasteiger partial charge in [-0.1, -0.05) is 71.8 Å². The van der Waals surface area contributed by atoms with E-state index in [4.69, 9.17) is 11.6 Å². The van der Waals surface area contributed by atoms with Gasteiger partial charge in [-0.2, -0.15) is 0 Å². The number of halogens is 2. The van der Waals surface area contributed by atoms with Crippen LogP contribution < -0.4 is 9.62 Å². The van der Waals surface area contributed by atoms with Crippen LogP contribution in [0.1, 0.15) is 21.5 Å². The molecule has 0 aliphatic carbocycles. The van der Waals surface area contributed by atoms with Gasteiger partial charge in [-0.15, -0.1) is 0 Å². The van der Waals surface area contributed by atoms with Crippen molar-refractivity contribution >= 4 is 54.8 Å². The normalized spacial score (nSPS) is 11.2. The van der Waals surface area contributed by atoms with Gasteiger partial charge in [0.2, 0.25) is 0 Å². The Balaban J connectivity index is 1.78. The SMILES string of the molecule is Cc1ccc(S(=O)(=O)N(Cc2ccccc2)c2ccccc2C(=O)Nc2ccc(Br)c(Cl)c2)cc1. The van der Waals surface area contributed by atoms with Gasteiger partial charge in [0.05, 0.1) is 27.7 Å². The van der Waals surface area contributed by atoms with E-state index in [1.54, 1.807) is 66.7 Å². The van der Waals surface area contributed by atoms with Crippen LogP contribution in [0.5, 0.6) is 0 Å². The third-order valence-corrected chi connectivity index (χ3v) is 8.38. The molecule has 0 saturated carbocycles. The number of carbonyl (C=O) groups is 1. The van der Waals surface area contributed by atoms with Crippen molar-refractivity contribution in [2.75, 3.05) is 9.62 Å². The first kappa shape index (κ1) is 25.0. The molecule has 178 valence electrons. The van der Waals surface area contributed by atoms with E-state index in [2.05, 4.69) is 21.2 Å². The monoisotopic (exact) mass is 568 g/mol. The van der Waals surface area contributed by atoms with E-state index in [0.29, 0.717) is 15.2 Å². The molecule has 0 atom stereocenters. The second kappa shape index (κ2) is 10.6. The Bertz CT molecular complexity index is 1460. The van der Waals surface area contributed by atoms with E-state index >= 15 is 0 Å². The largest absolute Gasteiger partial charge is 0.322 e. The number of carbonyl (C=O) groups excluding carboxylic acids is 1. The zero-order chi connectivity index (χ0) is 25.0. The maximum absolute atomic E-state index is 13.8. The Labute approximate surface area is 218 Å². The average Bonchev–Trinajstić information content (AvgIpc) is 2.85. The first-order valence-electron chi connectivity index (χ1n) is 10.7. The van der Waals surface area contributed by atoms with Crippen molar-refractivity contribution in [1.82, 2.24) is 0 Å². The zero-order valence-corrected chi connectivity index (χ0v) is 21.9. The van der Waals surface area contributed by atoms with Gasteiger partial charge in [0, 0.05) is 10.2 Å². The maximum atomic E-state index is 13.8. The molecule has 4 aromatic carbocycles. The van der Waals surface area contributed by atoms with Gasteiger partial charge in [-0.25, -0.2) is 8.42 Å². The molecule has 1 amide bonds. The van der Waals surface area contributed by atoms with Gasteiger partial charge in [0.15, 0.2) is 0 Å². The molecular formula is C27H22BrClN2O3S. The Hall–Kier alpha value is -3.13. The third-order valence-electron chi connectivity index (χ3n) is 5.37. The van der Waals surface area contributed by atoms with Crippen molar-refractivity contribution in [3.8, 4) is 0 Å². The molecule has 0 radical (unpaired) electrons. The first-order valence-corrected chi connectivity index (χ1v) is 13.4. The molecule has 0 aromatic heterocycles. The van der Waals surface area contributed by atoms with Crippen molar-refractivity contribution in [3.63, 3.8) is 0 Å². The van der Waals surface area contributed by atoms with Crippen molar-refractivity contribution in [2.45, 2.75) is 18.4 Å². The minimum absolute atomic E-state index is 0.0610. The Morgan fingerprint density at radius 3 is 2.26 bits per heavy atom. The number of amides is 1. The zero-order valence-electron chi connectivity index (χ0n) is 18.8. The molecule has 0 aliphatic rings. The van der Waals surface area contributed by atoms with Gasteiger partial charge >= 0.3 is 0 Å². The third kappa shape index (κ3) is 5.75. The molecular weight excluding hydrogens is 548 g/mol. The van der Waals surface area contributed by atoms with Crippen LogP contribution >= 0.6 is 27.5 Å². The Kier molecular flexibility index (Phi) is 7.60. The van der Waals surface area contributed by atoms with Crippen LogP contribution in [0.2, 0.25) is 5.02 Å². The number of sulfonamides is 1. The van der Waals surface area contributed by atoms with Crippen LogP contribution in [0, 0.1) is 6.92 Å². The summed E-state index contributed by atoms with van der Waals surface area (Å²) < 4.78 is 29.6. The number of benzene rings is 4. The molecule has 1 N–H and O–H groups in total. The van der Waals surface area contributed by atoms with Crippen molar-refractivity contribution in [2.24, 2.45) is 0 Å². The summed E-state index contributed by atoms with van der Waals surface area (Å²) in [5.74, 6) is -0.448. The maximum Gasteiger partial charge on any atom is 0.264 e. The number of aryl methyl sites for hydroxylation is 1. The van der Waals surface area contributed by atoms with Gasteiger partial charge in [0.1, 0.15) is 0 Å². The lowest BCUT2D eigenvalue weighted by Crippen LogP contribution is -2.32. The van der Waals surface area contributed by atoms with Crippen LogP contribution in [-0.2, 0) is 16.6 Å². The molecule has 0 aliphatic heterocycles. The molecule has 0 spiro atoms. The van der Waals surface area contributed by atoms with E-state index in [0.717, 1.165) is 11.1 Å². The number of rotatable bonds is 7. The highest BCUT2D eigenvalue weighted by Crippen LogP contribution is 2.31. The van der Waals surface area contributed by atoms with E-state index in [-0.39, 0.29) is 22.7 Å². The van der Waals surface area contributed by atoms with Crippen LogP contribution in [0.25, 0.3) is 0 Å². The van der Waals surface area contributed by atoms with Gasteiger partial charge in [0.25, 0.3) is 15.9 Å².